The van der Waals surface area contributed by atoms with Crippen LogP contribution in [0, 0.1) is 28.3 Å². The number of rotatable bonds is 3. The van der Waals surface area contributed by atoms with Crippen LogP contribution < -0.4 is 5.32 Å². The van der Waals surface area contributed by atoms with Gasteiger partial charge in [0.15, 0.2) is 0 Å². The summed E-state index contributed by atoms with van der Waals surface area (Å²) in [7, 11) is 0. The van der Waals surface area contributed by atoms with Gasteiger partial charge in [0.2, 0.25) is 5.82 Å². The van der Waals surface area contributed by atoms with E-state index >= 15 is 0 Å². The van der Waals surface area contributed by atoms with Crippen molar-refractivity contribution in [2.45, 2.75) is 0 Å². The summed E-state index contributed by atoms with van der Waals surface area (Å²) in [5.74, 6) is 0.607. The molecule has 0 bridgehead atoms. The van der Waals surface area contributed by atoms with Crippen molar-refractivity contribution in [1.29, 1.82) is 0 Å². The summed E-state index contributed by atoms with van der Waals surface area (Å²) in [4.78, 5) is 20.9. The van der Waals surface area contributed by atoms with Crippen LogP contribution in [-0.4, -0.2) is 17.4 Å². The molecule has 1 aromatic carbocycles. The normalized spacial score (nSPS) is 9.25. The molecule has 0 saturated heterocycles. The molecular weight excluding hydrogens is 214 g/mol. The number of terminal acetylenes is 1. The lowest BCUT2D eigenvalue weighted by atomic mass is 10.2. The Morgan fingerprint density at radius 3 is 2.88 bits per heavy atom. The van der Waals surface area contributed by atoms with Gasteiger partial charge in [0.05, 0.1) is 11.5 Å². The molecule has 0 atom stereocenters. The highest BCUT2D eigenvalue weighted by atomic mass is 18.2. The molecule has 0 aliphatic rings. The van der Waals surface area contributed by atoms with Crippen LogP contribution in [0.3, 0.4) is 0 Å². The van der Waals surface area contributed by atoms with Gasteiger partial charge in [-0.25, -0.2) is 0 Å². The summed E-state index contributed by atoms with van der Waals surface area (Å²) in [5, 5.41) is 12.7. The van der Waals surface area contributed by atoms with Gasteiger partial charge in [0.25, 0.3) is 5.91 Å². The predicted molar refractivity (Wildman–Crippen MR) is 54.2 cm³/mol. The Kier molecular flexibility index (Phi) is 3.56. The second kappa shape index (κ2) is 4.89. The Hall–Kier alpha value is -2.42. The zero-order valence-electron chi connectivity index (χ0n) is 8.07. The first-order valence-electron chi connectivity index (χ1n) is 4.22. The molecular formula is C10H7FN2O3. The topological polar surface area (TPSA) is 72.2 Å². The van der Waals surface area contributed by atoms with Gasteiger partial charge in [-0.2, -0.15) is 4.39 Å². The van der Waals surface area contributed by atoms with Gasteiger partial charge in [-0.05, 0) is 12.1 Å². The molecule has 0 aliphatic carbocycles. The van der Waals surface area contributed by atoms with E-state index in [0.29, 0.717) is 0 Å². The molecule has 1 aromatic rings. The monoisotopic (exact) mass is 221 g/mol. The van der Waals surface area contributed by atoms with Gasteiger partial charge in [-0.1, -0.05) is 5.92 Å². The van der Waals surface area contributed by atoms with Crippen LogP contribution in [0.15, 0.2) is 18.2 Å². The number of nitrogens with zero attached hydrogens (tertiary/aromatic N) is 1. The van der Waals surface area contributed by atoms with Gasteiger partial charge in [-0.3, -0.25) is 14.9 Å². The van der Waals surface area contributed by atoms with Gasteiger partial charge in [0, 0.05) is 11.6 Å². The molecule has 0 fully saturated rings. The van der Waals surface area contributed by atoms with E-state index in [1.807, 2.05) is 0 Å². The van der Waals surface area contributed by atoms with Crippen molar-refractivity contribution in [3.63, 3.8) is 0 Å². The zero-order valence-corrected chi connectivity index (χ0v) is 8.07. The molecule has 6 heteroatoms. The fraction of sp³-hybridized carbons (Fsp3) is 0.100. The lowest BCUT2D eigenvalue weighted by Gasteiger charge is -2.01. The van der Waals surface area contributed by atoms with Gasteiger partial charge in [-0.15, -0.1) is 6.42 Å². The summed E-state index contributed by atoms with van der Waals surface area (Å²) < 4.78 is 12.9. The molecule has 0 heterocycles. The fourth-order valence-electron chi connectivity index (χ4n) is 1.03. The van der Waals surface area contributed by atoms with E-state index in [2.05, 4.69) is 11.2 Å². The average Bonchev–Trinajstić information content (AvgIpc) is 2.26. The Labute approximate surface area is 90.4 Å². The van der Waals surface area contributed by atoms with E-state index in [4.69, 9.17) is 6.42 Å². The number of nitro benzene ring substituents is 1. The van der Waals surface area contributed by atoms with E-state index in [0.717, 1.165) is 18.2 Å². The van der Waals surface area contributed by atoms with Crippen molar-refractivity contribution in [2.75, 3.05) is 6.54 Å². The number of amides is 1. The molecule has 0 unspecified atom stereocenters. The predicted octanol–water partition coefficient (Wildman–Crippen LogP) is 1.10. The highest BCUT2D eigenvalue weighted by Crippen LogP contribution is 2.18. The minimum Gasteiger partial charge on any atom is -0.341 e. The van der Waals surface area contributed by atoms with Crippen molar-refractivity contribution in [3.05, 3.63) is 39.7 Å². The summed E-state index contributed by atoms with van der Waals surface area (Å²) >= 11 is 0. The maximum absolute atomic E-state index is 12.9. The number of hydrogen-bond donors (Lipinski definition) is 1. The number of carbonyl (C=O) groups is 1. The quantitative estimate of drug-likeness (QED) is 0.472. The van der Waals surface area contributed by atoms with Crippen LogP contribution in [0.1, 0.15) is 10.4 Å². The molecule has 0 aromatic heterocycles. The van der Waals surface area contributed by atoms with Gasteiger partial charge >= 0.3 is 5.69 Å². The van der Waals surface area contributed by atoms with Crippen molar-refractivity contribution < 1.29 is 14.1 Å². The SMILES string of the molecule is C#CCNC(=O)c1ccc([18F])c([N+](=O)[O-])c1. The lowest BCUT2D eigenvalue weighted by molar-refractivity contribution is -0.387. The van der Waals surface area contributed by atoms with Crippen molar-refractivity contribution in [3.8, 4) is 12.3 Å². The highest BCUT2D eigenvalue weighted by Gasteiger charge is 2.16. The number of hydrogen-bond acceptors (Lipinski definition) is 3. The number of carbonyl (C=O) groups excluding carboxylic acids is 1. The molecule has 0 saturated carbocycles. The van der Waals surface area contributed by atoms with Crippen LogP contribution in [0.5, 0.6) is 0 Å². The third-order valence-corrected chi connectivity index (χ3v) is 1.76. The first-order chi connectivity index (χ1) is 7.56. The molecule has 1 N–H and O–H groups in total. The summed E-state index contributed by atoms with van der Waals surface area (Å²) in [5.41, 5.74) is -0.753. The maximum atomic E-state index is 12.9. The van der Waals surface area contributed by atoms with Crippen molar-refractivity contribution >= 4 is 11.6 Å². The standard InChI is InChI=1S/C10H7FN2O3/c1-2-5-12-10(14)7-3-4-8(11)9(6-7)13(15)16/h1,3-4,6H,5H2,(H,12,14)/i11-1. The number of nitro groups is 1. The first-order valence-corrected chi connectivity index (χ1v) is 4.22. The van der Waals surface area contributed by atoms with Crippen LogP contribution in [0.25, 0.3) is 0 Å². The summed E-state index contributed by atoms with van der Waals surface area (Å²) in [6, 6.07) is 2.87. The minimum absolute atomic E-state index is 0.00398. The van der Waals surface area contributed by atoms with E-state index in [1.165, 1.54) is 0 Å². The van der Waals surface area contributed by atoms with Crippen molar-refractivity contribution in [2.24, 2.45) is 0 Å². The number of halogens is 1. The molecule has 1 amide bonds. The lowest BCUT2D eigenvalue weighted by Crippen LogP contribution is -2.23. The fourth-order valence-corrected chi connectivity index (χ4v) is 1.03. The first kappa shape index (κ1) is 11.7. The van der Waals surface area contributed by atoms with Crippen LogP contribution in [-0.2, 0) is 0 Å². The van der Waals surface area contributed by atoms with Crippen LogP contribution in [0.2, 0.25) is 0 Å². The average molecular weight is 221 g/mol. The molecule has 82 valence electrons. The van der Waals surface area contributed by atoms with Gasteiger partial charge in [0.1, 0.15) is 0 Å². The third kappa shape index (κ3) is 2.54. The molecule has 1 rings (SSSR count). The van der Waals surface area contributed by atoms with E-state index < -0.39 is 22.3 Å². The number of benzene rings is 1. The van der Waals surface area contributed by atoms with Gasteiger partial charge < -0.3 is 5.32 Å². The third-order valence-electron chi connectivity index (χ3n) is 1.76. The van der Waals surface area contributed by atoms with E-state index in [9.17, 15) is 19.3 Å². The Bertz CT molecular complexity index is 479. The second-order valence-electron chi connectivity index (χ2n) is 2.81. The summed E-state index contributed by atoms with van der Waals surface area (Å²) in [6.45, 7) is 0.00398. The van der Waals surface area contributed by atoms with Crippen LogP contribution in [0.4, 0.5) is 10.1 Å². The minimum atomic E-state index is -0.988. The second-order valence-corrected chi connectivity index (χ2v) is 2.81. The Morgan fingerprint density at radius 2 is 2.31 bits per heavy atom. The van der Waals surface area contributed by atoms with Crippen LogP contribution >= 0.6 is 0 Å². The molecule has 16 heavy (non-hydrogen) atoms. The molecule has 0 radical (unpaired) electrons. The molecule has 5 nitrogen and oxygen atoms in total. The van der Waals surface area contributed by atoms with E-state index in [-0.39, 0.29) is 12.1 Å². The van der Waals surface area contributed by atoms with E-state index in [1.54, 1.807) is 0 Å². The summed E-state index contributed by atoms with van der Waals surface area (Å²) in [6.07, 6.45) is 4.92. The molecule has 0 aliphatic heterocycles. The Morgan fingerprint density at radius 1 is 1.62 bits per heavy atom. The number of nitrogens with one attached hydrogen (secondary N) is 1. The smallest absolute Gasteiger partial charge is 0.305 e. The zero-order chi connectivity index (χ0) is 12.1. The largest absolute Gasteiger partial charge is 0.341 e. The maximum Gasteiger partial charge on any atom is 0.305 e. The highest BCUT2D eigenvalue weighted by molar-refractivity contribution is 5.94. The molecule has 0 spiro atoms. The Balaban J connectivity index is 2.99. The van der Waals surface area contributed by atoms with Crippen molar-refractivity contribution in [1.82, 2.24) is 5.32 Å².